The highest BCUT2D eigenvalue weighted by atomic mass is 35.5. The standard InChI is InChI=1S/C11H12ClN5/c12-11-13-6-5-9(14-11)10-7-17(16-15-10)8-3-1-2-4-8/h5-8H,1-4H2. The Morgan fingerprint density at radius 1 is 1.24 bits per heavy atom. The number of hydrogen-bond acceptors (Lipinski definition) is 4. The maximum Gasteiger partial charge on any atom is 0.222 e. The van der Waals surface area contributed by atoms with Crippen molar-refractivity contribution >= 4 is 11.6 Å². The lowest BCUT2D eigenvalue weighted by atomic mass is 10.2. The quantitative estimate of drug-likeness (QED) is 0.768. The molecule has 5 nitrogen and oxygen atoms in total. The van der Waals surface area contributed by atoms with Crippen LogP contribution in [0.25, 0.3) is 11.4 Å². The first kappa shape index (κ1) is 10.7. The van der Waals surface area contributed by atoms with E-state index in [1.54, 1.807) is 12.3 Å². The van der Waals surface area contributed by atoms with Gasteiger partial charge in [0, 0.05) is 6.20 Å². The van der Waals surface area contributed by atoms with Crippen LogP contribution in [0.5, 0.6) is 0 Å². The summed E-state index contributed by atoms with van der Waals surface area (Å²) in [6.07, 6.45) is 8.49. The molecule has 0 radical (unpaired) electrons. The summed E-state index contributed by atoms with van der Waals surface area (Å²) in [5.74, 6) is 0. The molecule has 0 unspecified atom stereocenters. The third-order valence-corrected chi connectivity index (χ3v) is 3.28. The Bertz CT molecular complexity index is 518. The molecule has 6 heteroatoms. The molecule has 1 saturated carbocycles. The van der Waals surface area contributed by atoms with Crippen molar-refractivity contribution in [1.82, 2.24) is 25.0 Å². The van der Waals surface area contributed by atoms with E-state index in [9.17, 15) is 0 Å². The average molecular weight is 250 g/mol. The molecule has 0 atom stereocenters. The van der Waals surface area contributed by atoms with Crippen LogP contribution >= 0.6 is 11.6 Å². The number of hydrogen-bond donors (Lipinski definition) is 0. The van der Waals surface area contributed by atoms with Gasteiger partial charge in [-0.1, -0.05) is 18.1 Å². The summed E-state index contributed by atoms with van der Waals surface area (Å²) in [6, 6.07) is 2.28. The van der Waals surface area contributed by atoms with Crippen LogP contribution in [0.15, 0.2) is 18.5 Å². The molecule has 0 spiro atoms. The van der Waals surface area contributed by atoms with Crippen molar-refractivity contribution in [2.45, 2.75) is 31.7 Å². The summed E-state index contributed by atoms with van der Waals surface area (Å²) in [6.45, 7) is 0. The summed E-state index contributed by atoms with van der Waals surface area (Å²) in [4.78, 5) is 7.97. The van der Waals surface area contributed by atoms with E-state index in [0.717, 1.165) is 5.69 Å². The second kappa shape index (κ2) is 4.41. The van der Waals surface area contributed by atoms with E-state index in [4.69, 9.17) is 11.6 Å². The summed E-state index contributed by atoms with van der Waals surface area (Å²) >= 11 is 5.75. The van der Waals surface area contributed by atoms with Gasteiger partial charge in [0.2, 0.25) is 5.28 Å². The molecule has 88 valence electrons. The van der Waals surface area contributed by atoms with Crippen molar-refractivity contribution in [1.29, 1.82) is 0 Å². The lowest BCUT2D eigenvalue weighted by Gasteiger charge is -2.06. The molecule has 2 aromatic rings. The molecule has 1 fully saturated rings. The second-order valence-electron chi connectivity index (χ2n) is 4.23. The van der Waals surface area contributed by atoms with Crippen LogP contribution in [-0.4, -0.2) is 25.0 Å². The van der Waals surface area contributed by atoms with Gasteiger partial charge in [0.05, 0.1) is 17.9 Å². The Kier molecular flexibility index (Phi) is 2.76. The van der Waals surface area contributed by atoms with Gasteiger partial charge in [0.15, 0.2) is 0 Å². The first-order valence-corrected chi connectivity index (χ1v) is 6.11. The van der Waals surface area contributed by atoms with Crippen LogP contribution < -0.4 is 0 Å². The van der Waals surface area contributed by atoms with Crippen molar-refractivity contribution in [2.24, 2.45) is 0 Å². The summed E-state index contributed by atoms with van der Waals surface area (Å²) in [5, 5.41) is 8.54. The average Bonchev–Trinajstić information content (AvgIpc) is 3.00. The first-order valence-electron chi connectivity index (χ1n) is 5.74. The minimum Gasteiger partial charge on any atom is -0.249 e. The molecule has 17 heavy (non-hydrogen) atoms. The van der Waals surface area contributed by atoms with E-state index < -0.39 is 0 Å². The lowest BCUT2D eigenvalue weighted by molar-refractivity contribution is 0.454. The molecule has 2 aromatic heterocycles. The molecule has 0 N–H and O–H groups in total. The summed E-state index contributed by atoms with van der Waals surface area (Å²) < 4.78 is 1.94. The highest BCUT2D eigenvalue weighted by molar-refractivity contribution is 6.28. The Hall–Kier alpha value is -1.49. The van der Waals surface area contributed by atoms with Crippen molar-refractivity contribution in [3.05, 3.63) is 23.7 Å². The highest BCUT2D eigenvalue weighted by Crippen LogP contribution is 2.29. The zero-order valence-electron chi connectivity index (χ0n) is 9.25. The normalized spacial score (nSPS) is 16.5. The van der Waals surface area contributed by atoms with Crippen LogP contribution in [0.4, 0.5) is 0 Å². The van der Waals surface area contributed by atoms with Crippen molar-refractivity contribution in [3.8, 4) is 11.4 Å². The molecular weight excluding hydrogens is 238 g/mol. The zero-order chi connectivity index (χ0) is 11.7. The van der Waals surface area contributed by atoms with Crippen molar-refractivity contribution in [2.75, 3.05) is 0 Å². The molecule has 2 heterocycles. The SMILES string of the molecule is Clc1nccc(-c2cn(C3CCCC3)nn2)n1. The maximum absolute atomic E-state index is 5.75. The monoisotopic (exact) mass is 249 g/mol. The van der Waals surface area contributed by atoms with Gasteiger partial charge in [-0.2, -0.15) is 0 Å². The van der Waals surface area contributed by atoms with Gasteiger partial charge in [0.25, 0.3) is 0 Å². The van der Waals surface area contributed by atoms with Crippen LogP contribution in [-0.2, 0) is 0 Å². The van der Waals surface area contributed by atoms with Crippen LogP contribution in [0, 0.1) is 0 Å². The maximum atomic E-state index is 5.75. The van der Waals surface area contributed by atoms with Gasteiger partial charge in [-0.25, -0.2) is 14.6 Å². The number of nitrogens with zero attached hydrogens (tertiary/aromatic N) is 5. The van der Waals surface area contributed by atoms with Crippen molar-refractivity contribution < 1.29 is 0 Å². The Labute approximate surface area is 104 Å². The fourth-order valence-corrected chi connectivity index (χ4v) is 2.37. The minimum absolute atomic E-state index is 0.234. The fourth-order valence-electron chi connectivity index (χ4n) is 2.22. The summed E-state index contributed by atoms with van der Waals surface area (Å²) in [5.41, 5.74) is 1.47. The Balaban J connectivity index is 1.89. The highest BCUT2D eigenvalue weighted by Gasteiger charge is 2.18. The topological polar surface area (TPSA) is 56.5 Å². The van der Waals surface area contributed by atoms with Crippen molar-refractivity contribution in [3.63, 3.8) is 0 Å². The van der Waals surface area contributed by atoms with E-state index in [-0.39, 0.29) is 5.28 Å². The Morgan fingerprint density at radius 3 is 2.82 bits per heavy atom. The molecule has 0 aliphatic heterocycles. The minimum atomic E-state index is 0.234. The molecule has 0 amide bonds. The summed E-state index contributed by atoms with van der Waals surface area (Å²) in [7, 11) is 0. The van der Waals surface area contributed by atoms with E-state index in [1.807, 2.05) is 10.9 Å². The van der Waals surface area contributed by atoms with Gasteiger partial charge in [-0.3, -0.25) is 0 Å². The van der Waals surface area contributed by atoms with E-state index in [1.165, 1.54) is 25.7 Å². The third-order valence-electron chi connectivity index (χ3n) is 3.10. The van der Waals surface area contributed by atoms with Gasteiger partial charge in [0.1, 0.15) is 5.69 Å². The van der Waals surface area contributed by atoms with Crippen LogP contribution in [0.3, 0.4) is 0 Å². The second-order valence-corrected chi connectivity index (χ2v) is 4.57. The zero-order valence-corrected chi connectivity index (χ0v) is 10.0. The smallest absolute Gasteiger partial charge is 0.222 e. The molecular formula is C11H12ClN5. The largest absolute Gasteiger partial charge is 0.249 e. The fraction of sp³-hybridized carbons (Fsp3) is 0.455. The first-order chi connectivity index (χ1) is 8.33. The number of aromatic nitrogens is 5. The van der Waals surface area contributed by atoms with Crippen LogP contribution in [0.1, 0.15) is 31.7 Å². The molecule has 1 aliphatic rings. The predicted octanol–water partition coefficient (Wildman–Crippen LogP) is 2.50. The molecule has 0 aromatic carbocycles. The van der Waals surface area contributed by atoms with E-state index in [2.05, 4.69) is 20.3 Å². The molecule has 3 rings (SSSR count). The third kappa shape index (κ3) is 2.15. The van der Waals surface area contributed by atoms with Gasteiger partial charge in [-0.15, -0.1) is 5.10 Å². The van der Waals surface area contributed by atoms with E-state index in [0.29, 0.717) is 11.7 Å². The van der Waals surface area contributed by atoms with Crippen LogP contribution in [0.2, 0.25) is 5.28 Å². The number of halogens is 1. The van der Waals surface area contributed by atoms with E-state index >= 15 is 0 Å². The molecule has 0 saturated heterocycles. The lowest BCUT2D eigenvalue weighted by Crippen LogP contribution is -2.04. The predicted molar refractivity (Wildman–Crippen MR) is 63.6 cm³/mol. The Morgan fingerprint density at radius 2 is 2.06 bits per heavy atom. The van der Waals surface area contributed by atoms with Gasteiger partial charge >= 0.3 is 0 Å². The van der Waals surface area contributed by atoms with Gasteiger partial charge < -0.3 is 0 Å². The van der Waals surface area contributed by atoms with Gasteiger partial charge in [-0.05, 0) is 30.5 Å². The molecule has 0 bridgehead atoms. The molecule has 1 aliphatic carbocycles. The number of rotatable bonds is 2.